The summed E-state index contributed by atoms with van der Waals surface area (Å²) >= 11 is 0. The van der Waals surface area contributed by atoms with Gasteiger partial charge in [0.15, 0.2) is 12.4 Å². The number of hydrogen-bond acceptors (Lipinski definition) is 3. The van der Waals surface area contributed by atoms with Crippen molar-refractivity contribution in [1.29, 1.82) is 0 Å². The largest absolute Gasteiger partial charge is 0.452 e. The van der Waals surface area contributed by atoms with Crippen molar-refractivity contribution in [3.8, 4) is 12.3 Å². The molecule has 4 heteroatoms. The van der Waals surface area contributed by atoms with Crippen molar-refractivity contribution in [1.82, 2.24) is 0 Å². The van der Waals surface area contributed by atoms with E-state index in [1.54, 1.807) is 0 Å². The van der Waals surface area contributed by atoms with E-state index >= 15 is 0 Å². The molecule has 1 rings (SSSR count). The van der Waals surface area contributed by atoms with Gasteiger partial charge in [-0.25, -0.2) is 4.39 Å². The fraction of sp³-hybridized carbons (Fsp3) is 0.167. The van der Waals surface area contributed by atoms with Crippen molar-refractivity contribution >= 4 is 11.8 Å². The Kier molecular flexibility index (Phi) is 4.22. The monoisotopic (exact) mass is 220 g/mol. The van der Waals surface area contributed by atoms with Crippen molar-refractivity contribution in [2.24, 2.45) is 0 Å². The molecule has 16 heavy (non-hydrogen) atoms. The van der Waals surface area contributed by atoms with Gasteiger partial charge in [0.1, 0.15) is 12.2 Å². The van der Waals surface area contributed by atoms with E-state index in [0.29, 0.717) is 0 Å². The van der Waals surface area contributed by atoms with Crippen LogP contribution in [-0.4, -0.2) is 18.4 Å². The van der Waals surface area contributed by atoms with Gasteiger partial charge in [0, 0.05) is 5.56 Å². The van der Waals surface area contributed by atoms with Crippen LogP contribution in [-0.2, 0) is 9.53 Å². The lowest BCUT2D eigenvalue weighted by Gasteiger charge is -2.00. The second-order valence-electron chi connectivity index (χ2n) is 2.97. The van der Waals surface area contributed by atoms with Crippen LogP contribution in [0.1, 0.15) is 16.8 Å². The number of halogens is 1. The number of ether oxygens (including phenoxy) is 1. The molecule has 0 unspecified atom stereocenters. The molecule has 0 saturated carbocycles. The highest BCUT2D eigenvalue weighted by molar-refractivity contribution is 6.05. The maximum Gasteiger partial charge on any atom is 0.314 e. The zero-order valence-electron chi connectivity index (χ0n) is 8.40. The predicted molar refractivity (Wildman–Crippen MR) is 55.1 cm³/mol. The molecule has 3 nitrogen and oxygen atoms in total. The van der Waals surface area contributed by atoms with Gasteiger partial charge in [-0.2, -0.15) is 0 Å². The van der Waals surface area contributed by atoms with Gasteiger partial charge in [0.25, 0.3) is 0 Å². The summed E-state index contributed by atoms with van der Waals surface area (Å²) in [5.41, 5.74) is 0.263. The van der Waals surface area contributed by atoms with Gasteiger partial charge in [0.05, 0.1) is 0 Å². The maximum atomic E-state index is 12.6. The van der Waals surface area contributed by atoms with Crippen molar-refractivity contribution in [2.75, 3.05) is 6.61 Å². The molecule has 82 valence electrons. The summed E-state index contributed by atoms with van der Waals surface area (Å²) in [5, 5.41) is 0. The number of hydrogen-bond donors (Lipinski definition) is 0. The van der Waals surface area contributed by atoms with Gasteiger partial charge in [-0.1, -0.05) is 5.92 Å². The molecule has 0 bridgehead atoms. The lowest BCUT2D eigenvalue weighted by molar-refractivity contribution is -0.141. The molecule has 0 aliphatic carbocycles. The Bertz CT molecular complexity index is 429. The van der Waals surface area contributed by atoms with Crippen molar-refractivity contribution < 1.29 is 18.7 Å². The van der Waals surface area contributed by atoms with Crippen LogP contribution in [0, 0.1) is 18.2 Å². The number of rotatable bonds is 4. The van der Waals surface area contributed by atoms with E-state index in [-0.39, 0.29) is 12.2 Å². The third kappa shape index (κ3) is 3.54. The second-order valence-corrected chi connectivity index (χ2v) is 2.97. The Labute approximate surface area is 92.2 Å². The minimum absolute atomic E-state index is 0.157. The van der Waals surface area contributed by atoms with E-state index in [9.17, 15) is 14.0 Å². The lowest BCUT2D eigenvalue weighted by atomic mass is 10.1. The SMILES string of the molecule is C#CCOC(=O)CC(=O)c1ccc(F)cc1. The zero-order chi connectivity index (χ0) is 12.0. The fourth-order valence-electron chi connectivity index (χ4n) is 1.04. The summed E-state index contributed by atoms with van der Waals surface area (Å²) in [5.74, 6) is 0.560. The predicted octanol–water partition coefficient (Wildman–Crippen LogP) is 1.57. The number of benzene rings is 1. The first-order valence-corrected chi connectivity index (χ1v) is 4.51. The molecule has 0 aromatic heterocycles. The average molecular weight is 220 g/mol. The Morgan fingerprint density at radius 2 is 1.94 bits per heavy atom. The number of ketones is 1. The minimum atomic E-state index is -0.688. The van der Waals surface area contributed by atoms with Gasteiger partial charge >= 0.3 is 5.97 Å². The summed E-state index contributed by atoms with van der Waals surface area (Å²) in [4.78, 5) is 22.5. The molecular weight excluding hydrogens is 211 g/mol. The van der Waals surface area contributed by atoms with E-state index in [2.05, 4.69) is 10.7 Å². The first-order chi connectivity index (χ1) is 7.63. The lowest BCUT2D eigenvalue weighted by Crippen LogP contribution is -2.11. The molecule has 0 spiro atoms. The molecule has 1 aromatic rings. The highest BCUT2D eigenvalue weighted by Gasteiger charge is 2.12. The highest BCUT2D eigenvalue weighted by Crippen LogP contribution is 2.06. The van der Waals surface area contributed by atoms with Crippen molar-refractivity contribution in [3.05, 3.63) is 35.6 Å². The third-order valence-corrected chi connectivity index (χ3v) is 1.79. The molecule has 0 saturated heterocycles. The maximum absolute atomic E-state index is 12.6. The van der Waals surface area contributed by atoms with Crippen LogP contribution in [0.3, 0.4) is 0 Å². The summed E-state index contributed by atoms with van der Waals surface area (Å²) in [7, 11) is 0. The molecule has 0 aliphatic rings. The summed E-state index contributed by atoms with van der Waals surface area (Å²) in [6.45, 7) is -0.157. The first-order valence-electron chi connectivity index (χ1n) is 4.51. The Balaban J connectivity index is 2.56. The van der Waals surface area contributed by atoms with Gasteiger partial charge in [-0.3, -0.25) is 9.59 Å². The molecule has 0 fully saturated rings. The topological polar surface area (TPSA) is 43.4 Å². The molecule has 0 aliphatic heterocycles. The summed E-state index contributed by atoms with van der Waals surface area (Å²) in [6.07, 6.45) is 4.49. The minimum Gasteiger partial charge on any atom is -0.452 e. The molecule has 0 atom stereocenters. The fourth-order valence-corrected chi connectivity index (χ4v) is 1.04. The second kappa shape index (κ2) is 5.66. The highest BCUT2D eigenvalue weighted by atomic mass is 19.1. The van der Waals surface area contributed by atoms with Gasteiger partial charge in [0.2, 0.25) is 0 Å². The molecule has 0 N–H and O–H groups in total. The first kappa shape index (κ1) is 11.9. The molecule has 0 radical (unpaired) electrons. The van der Waals surface area contributed by atoms with E-state index in [1.807, 2.05) is 0 Å². The van der Waals surface area contributed by atoms with Crippen molar-refractivity contribution in [2.45, 2.75) is 6.42 Å². The zero-order valence-corrected chi connectivity index (χ0v) is 8.40. The summed E-state index contributed by atoms with van der Waals surface area (Å²) in [6, 6.07) is 4.93. The number of Topliss-reactive ketones (excluding diaryl/α,β-unsaturated/α-hetero) is 1. The van der Waals surface area contributed by atoms with Crippen LogP contribution in [0.5, 0.6) is 0 Å². The van der Waals surface area contributed by atoms with Gasteiger partial charge < -0.3 is 4.74 Å². The van der Waals surface area contributed by atoms with Crippen molar-refractivity contribution in [3.63, 3.8) is 0 Å². The molecular formula is C12H9FO3. The van der Waals surface area contributed by atoms with Crippen LogP contribution < -0.4 is 0 Å². The Hall–Kier alpha value is -2.15. The van der Waals surface area contributed by atoms with Gasteiger partial charge in [-0.15, -0.1) is 6.42 Å². The average Bonchev–Trinajstić information content (AvgIpc) is 2.27. The molecule has 0 heterocycles. The third-order valence-electron chi connectivity index (χ3n) is 1.79. The standard InChI is InChI=1S/C12H9FO3/c1-2-7-16-12(15)8-11(14)9-3-5-10(13)6-4-9/h1,3-6H,7-8H2. The summed E-state index contributed by atoms with van der Waals surface area (Å²) < 4.78 is 17.1. The van der Waals surface area contributed by atoms with E-state index < -0.39 is 24.0 Å². The number of carbonyl (C=O) groups is 2. The number of terminal acetylenes is 1. The van der Waals surface area contributed by atoms with Gasteiger partial charge in [-0.05, 0) is 24.3 Å². The van der Waals surface area contributed by atoms with E-state index in [4.69, 9.17) is 6.42 Å². The van der Waals surface area contributed by atoms with Crippen LogP contribution in [0.25, 0.3) is 0 Å². The molecule has 1 aromatic carbocycles. The number of esters is 1. The normalized spacial score (nSPS) is 9.25. The van der Waals surface area contributed by atoms with E-state index in [0.717, 1.165) is 12.1 Å². The smallest absolute Gasteiger partial charge is 0.314 e. The number of carbonyl (C=O) groups excluding carboxylic acids is 2. The van der Waals surface area contributed by atoms with Crippen LogP contribution >= 0.6 is 0 Å². The Morgan fingerprint density at radius 1 is 1.31 bits per heavy atom. The Morgan fingerprint density at radius 3 is 2.50 bits per heavy atom. The molecule has 0 amide bonds. The van der Waals surface area contributed by atoms with Crippen LogP contribution in [0.2, 0.25) is 0 Å². The van der Waals surface area contributed by atoms with E-state index in [1.165, 1.54) is 12.1 Å². The van der Waals surface area contributed by atoms with Crippen LogP contribution in [0.15, 0.2) is 24.3 Å². The van der Waals surface area contributed by atoms with Crippen LogP contribution in [0.4, 0.5) is 4.39 Å². The quantitative estimate of drug-likeness (QED) is 0.335.